The Bertz CT molecular complexity index is 378. The molecule has 0 saturated carbocycles. The van der Waals surface area contributed by atoms with Crippen molar-refractivity contribution in [1.82, 2.24) is 15.0 Å². The number of hydrogen-bond acceptors (Lipinski definition) is 6. The van der Waals surface area contributed by atoms with Gasteiger partial charge in [-0.05, 0) is 19.3 Å². The third kappa shape index (κ3) is 5.59. The van der Waals surface area contributed by atoms with Gasteiger partial charge in [-0.3, -0.25) is 0 Å². The second kappa shape index (κ2) is 9.34. The first-order valence-corrected chi connectivity index (χ1v) is 7.60. The van der Waals surface area contributed by atoms with Crippen molar-refractivity contribution in [2.24, 2.45) is 0 Å². The van der Waals surface area contributed by atoms with Crippen LogP contribution < -0.4 is 15.4 Å². The van der Waals surface area contributed by atoms with Crippen LogP contribution in [0, 0.1) is 0 Å². The van der Waals surface area contributed by atoms with Gasteiger partial charge in [-0.25, -0.2) is 0 Å². The standard InChI is InChI=1S/C14H27N5O/c1-4-7-9-19(10-8-5-2)13-16-12(15)17-14(18-13)20-11-6-3/h4-11H2,1-3H3,(H2,15,16,17,18). The quantitative estimate of drug-likeness (QED) is 0.710. The molecule has 1 aromatic heterocycles. The van der Waals surface area contributed by atoms with Crippen molar-refractivity contribution in [3.05, 3.63) is 0 Å². The Hall–Kier alpha value is -1.59. The Kier molecular flexibility index (Phi) is 7.69. The molecule has 1 rings (SSSR count). The van der Waals surface area contributed by atoms with E-state index in [1.165, 1.54) is 0 Å². The lowest BCUT2D eigenvalue weighted by Crippen LogP contribution is -2.28. The zero-order valence-corrected chi connectivity index (χ0v) is 12.9. The van der Waals surface area contributed by atoms with Crippen molar-refractivity contribution in [3.63, 3.8) is 0 Å². The minimum atomic E-state index is 0.221. The van der Waals surface area contributed by atoms with E-state index in [1.54, 1.807) is 0 Å². The minimum absolute atomic E-state index is 0.221. The molecule has 0 aliphatic heterocycles. The van der Waals surface area contributed by atoms with Crippen molar-refractivity contribution < 1.29 is 4.74 Å². The lowest BCUT2D eigenvalue weighted by atomic mass is 10.3. The topological polar surface area (TPSA) is 77.2 Å². The van der Waals surface area contributed by atoms with Crippen LogP contribution in [0.5, 0.6) is 6.01 Å². The number of ether oxygens (including phenoxy) is 1. The second-order valence-corrected chi connectivity index (χ2v) is 4.82. The molecule has 1 aromatic rings. The molecule has 0 aliphatic carbocycles. The van der Waals surface area contributed by atoms with Crippen molar-refractivity contribution in [3.8, 4) is 6.01 Å². The van der Waals surface area contributed by atoms with Gasteiger partial charge in [-0.1, -0.05) is 33.6 Å². The second-order valence-electron chi connectivity index (χ2n) is 4.82. The summed E-state index contributed by atoms with van der Waals surface area (Å²) in [5.41, 5.74) is 5.76. The van der Waals surface area contributed by atoms with Crippen LogP contribution >= 0.6 is 0 Å². The first-order valence-electron chi connectivity index (χ1n) is 7.60. The largest absolute Gasteiger partial charge is 0.463 e. The van der Waals surface area contributed by atoms with Crippen molar-refractivity contribution in [2.45, 2.75) is 52.9 Å². The summed E-state index contributed by atoms with van der Waals surface area (Å²) in [7, 11) is 0. The van der Waals surface area contributed by atoms with Crippen molar-refractivity contribution >= 4 is 11.9 Å². The van der Waals surface area contributed by atoms with Gasteiger partial charge in [0.05, 0.1) is 6.61 Å². The number of nitrogens with two attached hydrogens (primary N) is 1. The van der Waals surface area contributed by atoms with E-state index in [9.17, 15) is 0 Å². The van der Waals surface area contributed by atoms with Crippen LogP contribution in [0.2, 0.25) is 0 Å². The van der Waals surface area contributed by atoms with Gasteiger partial charge in [0.2, 0.25) is 11.9 Å². The average molecular weight is 281 g/mol. The maximum absolute atomic E-state index is 5.76. The fourth-order valence-electron chi connectivity index (χ4n) is 1.77. The van der Waals surface area contributed by atoms with E-state index in [4.69, 9.17) is 10.5 Å². The van der Waals surface area contributed by atoms with E-state index in [-0.39, 0.29) is 5.95 Å². The minimum Gasteiger partial charge on any atom is -0.463 e. The molecule has 1 heterocycles. The molecular formula is C14H27N5O. The van der Waals surface area contributed by atoms with Crippen LogP contribution in [0.1, 0.15) is 52.9 Å². The van der Waals surface area contributed by atoms with E-state index in [2.05, 4.69) is 33.7 Å². The van der Waals surface area contributed by atoms with Gasteiger partial charge in [0.25, 0.3) is 0 Å². The summed E-state index contributed by atoms with van der Waals surface area (Å²) in [5, 5.41) is 0. The zero-order chi connectivity index (χ0) is 14.8. The van der Waals surface area contributed by atoms with Crippen LogP contribution in [0.25, 0.3) is 0 Å². The summed E-state index contributed by atoms with van der Waals surface area (Å²) < 4.78 is 5.47. The summed E-state index contributed by atoms with van der Waals surface area (Å²) in [6.07, 6.45) is 5.42. The molecule has 0 atom stereocenters. The number of hydrogen-bond donors (Lipinski definition) is 1. The maximum Gasteiger partial charge on any atom is 0.323 e. The van der Waals surface area contributed by atoms with Gasteiger partial charge in [0, 0.05) is 13.1 Å². The summed E-state index contributed by atoms with van der Waals surface area (Å²) in [5.74, 6) is 0.851. The number of anilines is 2. The Morgan fingerprint density at radius 3 is 2.15 bits per heavy atom. The van der Waals surface area contributed by atoms with Gasteiger partial charge >= 0.3 is 6.01 Å². The van der Waals surface area contributed by atoms with Crippen LogP contribution in [-0.2, 0) is 0 Å². The first-order chi connectivity index (χ1) is 9.71. The fraction of sp³-hybridized carbons (Fsp3) is 0.786. The highest BCUT2D eigenvalue weighted by Gasteiger charge is 2.12. The Balaban J connectivity index is 2.83. The molecule has 6 heteroatoms. The third-order valence-electron chi connectivity index (χ3n) is 2.90. The normalized spacial score (nSPS) is 10.6. The molecule has 0 aromatic carbocycles. The zero-order valence-electron chi connectivity index (χ0n) is 12.9. The molecule has 20 heavy (non-hydrogen) atoms. The van der Waals surface area contributed by atoms with Crippen LogP contribution in [0.4, 0.5) is 11.9 Å². The average Bonchev–Trinajstić information content (AvgIpc) is 2.44. The number of nitrogens with zero attached hydrogens (tertiary/aromatic N) is 4. The number of rotatable bonds is 10. The first kappa shape index (κ1) is 16.5. The fourth-order valence-corrected chi connectivity index (χ4v) is 1.77. The predicted molar refractivity (Wildman–Crippen MR) is 82.1 cm³/mol. The Morgan fingerprint density at radius 2 is 1.60 bits per heavy atom. The molecule has 0 bridgehead atoms. The van der Waals surface area contributed by atoms with E-state index >= 15 is 0 Å². The molecule has 0 amide bonds. The van der Waals surface area contributed by atoms with Gasteiger partial charge in [0.1, 0.15) is 0 Å². The smallest absolute Gasteiger partial charge is 0.323 e. The summed E-state index contributed by atoms with van der Waals surface area (Å²) >= 11 is 0. The molecule has 0 unspecified atom stereocenters. The molecule has 6 nitrogen and oxygen atoms in total. The lowest BCUT2D eigenvalue weighted by Gasteiger charge is -2.22. The van der Waals surface area contributed by atoms with Gasteiger partial charge < -0.3 is 15.4 Å². The van der Waals surface area contributed by atoms with Crippen LogP contribution in [0.15, 0.2) is 0 Å². The Labute approximate surface area is 121 Å². The highest BCUT2D eigenvalue weighted by Crippen LogP contribution is 2.15. The van der Waals surface area contributed by atoms with Gasteiger partial charge in [0.15, 0.2) is 0 Å². The molecule has 0 radical (unpaired) electrons. The Morgan fingerprint density at radius 1 is 0.950 bits per heavy atom. The van der Waals surface area contributed by atoms with Crippen LogP contribution in [0.3, 0.4) is 0 Å². The molecule has 114 valence electrons. The molecule has 0 saturated heterocycles. The van der Waals surface area contributed by atoms with Gasteiger partial charge in [-0.2, -0.15) is 15.0 Å². The number of nitrogen functional groups attached to an aromatic ring is 1. The molecule has 0 fully saturated rings. The van der Waals surface area contributed by atoms with Gasteiger partial charge in [-0.15, -0.1) is 0 Å². The summed E-state index contributed by atoms with van der Waals surface area (Å²) in [6.45, 7) is 8.86. The maximum atomic E-state index is 5.76. The highest BCUT2D eigenvalue weighted by molar-refractivity contribution is 5.35. The number of aromatic nitrogens is 3. The number of unbranched alkanes of at least 4 members (excludes halogenated alkanes) is 2. The lowest BCUT2D eigenvalue weighted by molar-refractivity contribution is 0.292. The molecule has 0 spiro atoms. The molecule has 2 N–H and O–H groups in total. The van der Waals surface area contributed by atoms with Crippen LogP contribution in [-0.4, -0.2) is 34.6 Å². The predicted octanol–water partition coefficient (Wildman–Crippen LogP) is 2.65. The van der Waals surface area contributed by atoms with Crippen molar-refractivity contribution in [1.29, 1.82) is 0 Å². The SMILES string of the molecule is CCCCN(CCCC)c1nc(N)nc(OCCC)n1. The van der Waals surface area contributed by atoms with Crippen molar-refractivity contribution in [2.75, 3.05) is 30.3 Å². The summed E-state index contributed by atoms with van der Waals surface area (Å²) in [6, 6.07) is 0.326. The molecule has 0 aliphatic rings. The van der Waals surface area contributed by atoms with E-state index in [0.717, 1.165) is 45.2 Å². The van der Waals surface area contributed by atoms with E-state index in [1.807, 2.05) is 6.92 Å². The third-order valence-corrected chi connectivity index (χ3v) is 2.90. The highest BCUT2D eigenvalue weighted by atomic mass is 16.5. The van der Waals surface area contributed by atoms with E-state index in [0.29, 0.717) is 18.6 Å². The molecular weight excluding hydrogens is 254 g/mol. The van der Waals surface area contributed by atoms with E-state index < -0.39 is 0 Å². The summed E-state index contributed by atoms with van der Waals surface area (Å²) in [4.78, 5) is 14.8. The monoisotopic (exact) mass is 281 g/mol.